The van der Waals surface area contributed by atoms with Crippen molar-refractivity contribution in [3.63, 3.8) is 0 Å². The van der Waals surface area contributed by atoms with E-state index >= 15 is 0 Å². The molecule has 3 nitrogen and oxygen atoms in total. The van der Waals surface area contributed by atoms with E-state index in [9.17, 15) is 14.7 Å². The average molecular weight is 468 g/mol. The number of carbonyl (C=O) groups is 2. The summed E-state index contributed by atoms with van der Waals surface area (Å²) in [5, 5.41) is 11.5. The number of ketones is 2. The quantitative estimate of drug-likeness (QED) is 0.556. The van der Waals surface area contributed by atoms with Gasteiger partial charge in [-0.2, -0.15) is 0 Å². The molecule has 3 unspecified atom stereocenters. The fourth-order valence-electron chi connectivity index (χ4n) is 4.19. The first-order valence-electron chi connectivity index (χ1n) is 8.74. The summed E-state index contributed by atoms with van der Waals surface area (Å²) >= 11 is 25.8. The van der Waals surface area contributed by atoms with Crippen LogP contribution in [-0.4, -0.2) is 26.4 Å². The van der Waals surface area contributed by atoms with Crippen LogP contribution in [0.5, 0.6) is 5.75 Å². The molecule has 2 aliphatic rings. The summed E-state index contributed by atoms with van der Waals surface area (Å²) in [5.74, 6) is -2.50. The second kappa shape index (κ2) is 6.88. The zero-order valence-corrected chi connectivity index (χ0v) is 17.9. The molecule has 0 amide bonds. The molecule has 0 saturated heterocycles. The molecule has 4 rings (SSSR count). The molecule has 29 heavy (non-hydrogen) atoms. The second-order valence-electron chi connectivity index (χ2n) is 7.07. The van der Waals surface area contributed by atoms with Gasteiger partial charge in [0.05, 0.1) is 0 Å². The van der Waals surface area contributed by atoms with Crippen molar-refractivity contribution in [2.24, 2.45) is 0 Å². The highest BCUT2D eigenvalue weighted by Gasteiger charge is 2.68. The highest BCUT2D eigenvalue weighted by atomic mass is 35.5. The van der Waals surface area contributed by atoms with Gasteiger partial charge in [-0.3, -0.25) is 9.59 Å². The lowest BCUT2D eigenvalue weighted by atomic mass is 9.62. The average Bonchev–Trinajstić information content (AvgIpc) is 2.73. The molecule has 148 valence electrons. The van der Waals surface area contributed by atoms with Gasteiger partial charge < -0.3 is 5.11 Å². The molecule has 2 aromatic carbocycles. The van der Waals surface area contributed by atoms with E-state index in [2.05, 4.69) is 6.58 Å². The van der Waals surface area contributed by atoms with Gasteiger partial charge in [-0.05, 0) is 17.4 Å². The number of rotatable bonds is 2. The minimum Gasteiger partial charge on any atom is -0.507 e. The third kappa shape index (κ3) is 2.58. The van der Waals surface area contributed by atoms with E-state index in [-0.39, 0.29) is 12.2 Å². The number of fused-ring (bicyclic) bond motifs is 2. The topological polar surface area (TPSA) is 54.4 Å². The molecule has 0 saturated carbocycles. The Kier molecular flexibility index (Phi) is 4.86. The first-order valence-corrected chi connectivity index (χ1v) is 10.3. The Morgan fingerprint density at radius 1 is 1.03 bits per heavy atom. The van der Waals surface area contributed by atoms with Crippen molar-refractivity contribution in [2.45, 2.75) is 22.1 Å². The van der Waals surface area contributed by atoms with Crippen molar-refractivity contribution in [3.8, 4) is 5.75 Å². The Hall–Kier alpha value is -1.78. The summed E-state index contributed by atoms with van der Waals surface area (Å²) in [4.78, 5) is 22.4. The van der Waals surface area contributed by atoms with Gasteiger partial charge in [-0.15, -0.1) is 23.2 Å². The van der Waals surface area contributed by atoms with E-state index in [0.29, 0.717) is 16.5 Å². The number of hydrogen-bond donors (Lipinski definition) is 1. The van der Waals surface area contributed by atoms with Crippen LogP contribution >= 0.6 is 46.4 Å². The predicted molar refractivity (Wildman–Crippen MR) is 117 cm³/mol. The fourth-order valence-corrected chi connectivity index (χ4v) is 5.63. The van der Waals surface area contributed by atoms with Crippen molar-refractivity contribution >= 4 is 68.7 Å². The fraction of sp³-hybridized carbons (Fsp3) is 0.182. The molecule has 0 heterocycles. The maximum Gasteiger partial charge on any atom is 0.199 e. The zero-order chi connectivity index (χ0) is 21.1. The zero-order valence-electron chi connectivity index (χ0n) is 14.9. The highest BCUT2D eigenvalue weighted by Crippen LogP contribution is 2.60. The Morgan fingerprint density at radius 3 is 2.38 bits per heavy atom. The van der Waals surface area contributed by atoms with E-state index in [0.717, 1.165) is 5.39 Å². The van der Waals surface area contributed by atoms with Crippen LogP contribution in [0.15, 0.2) is 70.8 Å². The molecule has 2 aromatic rings. The Morgan fingerprint density at radius 2 is 1.69 bits per heavy atom. The van der Waals surface area contributed by atoms with Crippen LogP contribution in [0.25, 0.3) is 10.8 Å². The summed E-state index contributed by atoms with van der Waals surface area (Å²) in [6, 6.07) is 10.7. The van der Waals surface area contributed by atoms with Gasteiger partial charge in [0, 0.05) is 16.9 Å². The normalized spacial score (nSPS) is 29.7. The number of allylic oxidation sites excluding steroid dienone is 5. The lowest BCUT2D eigenvalue weighted by molar-refractivity contribution is -0.127. The van der Waals surface area contributed by atoms with Crippen molar-refractivity contribution in [2.75, 3.05) is 0 Å². The van der Waals surface area contributed by atoms with Crippen LogP contribution < -0.4 is 0 Å². The van der Waals surface area contributed by atoms with Crippen LogP contribution in [0.2, 0.25) is 0 Å². The monoisotopic (exact) mass is 466 g/mol. The molecule has 3 atom stereocenters. The van der Waals surface area contributed by atoms with Crippen LogP contribution in [0.1, 0.15) is 17.9 Å². The summed E-state index contributed by atoms with van der Waals surface area (Å²) < 4.78 is 0. The maximum atomic E-state index is 13.3. The van der Waals surface area contributed by atoms with Crippen molar-refractivity contribution in [3.05, 3.63) is 76.3 Å². The number of Topliss-reactive ketones (excluding diaryl/α,β-unsaturated/α-hetero) is 2. The van der Waals surface area contributed by atoms with Crippen LogP contribution in [0.4, 0.5) is 0 Å². The van der Waals surface area contributed by atoms with E-state index in [1.807, 2.05) is 12.1 Å². The van der Waals surface area contributed by atoms with Gasteiger partial charge >= 0.3 is 0 Å². The van der Waals surface area contributed by atoms with Gasteiger partial charge in [0.25, 0.3) is 0 Å². The number of halogens is 4. The first-order chi connectivity index (χ1) is 13.7. The largest absolute Gasteiger partial charge is 0.507 e. The summed E-state index contributed by atoms with van der Waals surface area (Å²) in [5.41, 5.74) is 0.906. The Bertz CT molecular complexity index is 1170. The lowest BCUT2D eigenvalue weighted by Crippen LogP contribution is -2.64. The molecule has 0 bridgehead atoms. The number of hydrogen-bond acceptors (Lipinski definition) is 3. The highest BCUT2D eigenvalue weighted by molar-refractivity contribution is 6.66. The van der Waals surface area contributed by atoms with Gasteiger partial charge in [0.2, 0.25) is 0 Å². The molecule has 0 aromatic heterocycles. The summed E-state index contributed by atoms with van der Waals surface area (Å²) in [7, 11) is 0. The van der Waals surface area contributed by atoms with Gasteiger partial charge in [-0.25, -0.2) is 0 Å². The minimum atomic E-state index is -1.99. The molecule has 1 N–H and O–H groups in total. The van der Waals surface area contributed by atoms with Crippen molar-refractivity contribution in [1.82, 2.24) is 0 Å². The molecule has 2 aliphatic carbocycles. The smallest absolute Gasteiger partial charge is 0.199 e. The predicted octanol–water partition coefficient (Wildman–Crippen LogP) is 5.94. The Labute approximate surface area is 187 Å². The molecular weight excluding hydrogens is 454 g/mol. The molecule has 0 aliphatic heterocycles. The SMILES string of the molecule is C=CC1=CCC2(Cl)C(=O)C(Cl)=C(Cl)C(=O)C2(Cl)C1c1ccc2ccccc2c1O. The molecular formula is C22H14Cl4O3. The minimum absolute atomic E-state index is 0.0325. The van der Waals surface area contributed by atoms with Crippen molar-refractivity contribution < 1.29 is 14.7 Å². The molecule has 7 heteroatoms. The third-order valence-corrected chi connectivity index (χ3v) is 7.94. The number of phenols is 1. The number of alkyl halides is 2. The van der Waals surface area contributed by atoms with E-state index in [1.165, 1.54) is 6.08 Å². The lowest BCUT2D eigenvalue weighted by Gasteiger charge is -2.50. The number of benzene rings is 2. The second-order valence-corrected chi connectivity index (χ2v) is 9.07. The maximum absolute atomic E-state index is 13.3. The van der Waals surface area contributed by atoms with Crippen LogP contribution in [0, 0.1) is 0 Å². The van der Waals surface area contributed by atoms with Gasteiger partial charge in [0.1, 0.15) is 25.6 Å². The van der Waals surface area contributed by atoms with Gasteiger partial charge in [0.15, 0.2) is 11.6 Å². The number of carbonyl (C=O) groups excluding carboxylic acids is 2. The standard InChI is InChI=1S/C22H14Cl4O3/c1-2-11-9-10-21(25)19(28)16(23)17(24)20(29)22(21,26)15(11)14-8-7-12-5-3-4-6-13(12)18(14)27/h2-9,15,27H,1,10H2. The summed E-state index contributed by atoms with van der Waals surface area (Å²) in [6.45, 7) is 3.80. The van der Waals surface area contributed by atoms with E-state index < -0.39 is 37.3 Å². The number of phenolic OH excluding ortho intramolecular Hbond substituents is 1. The van der Waals surface area contributed by atoms with Crippen LogP contribution in [-0.2, 0) is 9.59 Å². The summed E-state index contributed by atoms with van der Waals surface area (Å²) in [6.07, 6.45) is 3.19. The van der Waals surface area contributed by atoms with Crippen molar-refractivity contribution in [1.29, 1.82) is 0 Å². The van der Waals surface area contributed by atoms with Gasteiger partial charge in [-0.1, -0.05) is 78.3 Å². The Balaban J connectivity index is 2.06. The molecule has 0 radical (unpaired) electrons. The number of aromatic hydroxyl groups is 1. The van der Waals surface area contributed by atoms with E-state index in [1.54, 1.807) is 30.3 Å². The first kappa shape index (κ1) is 20.5. The molecule has 0 fully saturated rings. The molecule has 0 spiro atoms. The van der Waals surface area contributed by atoms with E-state index in [4.69, 9.17) is 46.4 Å². The third-order valence-electron chi connectivity index (χ3n) is 5.69. The van der Waals surface area contributed by atoms with Crippen LogP contribution in [0.3, 0.4) is 0 Å².